The summed E-state index contributed by atoms with van der Waals surface area (Å²) in [4.78, 5) is 11.5. The third-order valence-corrected chi connectivity index (χ3v) is 2.29. The Morgan fingerprint density at radius 1 is 1.28 bits per heavy atom. The van der Waals surface area contributed by atoms with E-state index in [1.165, 1.54) is 0 Å². The van der Waals surface area contributed by atoms with Crippen molar-refractivity contribution in [2.75, 3.05) is 5.32 Å². The highest BCUT2D eigenvalue weighted by Gasteiger charge is 2.11. The molecule has 0 aliphatic carbocycles. The van der Waals surface area contributed by atoms with Crippen molar-refractivity contribution in [2.24, 2.45) is 5.92 Å². The van der Waals surface area contributed by atoms with E-state index < -0.39 is 0 Å². The molecule has 0 fully saturated rings. The summed E-state index contributed by atoms with van der Waals surface area (Å²) in [5, 5.41) is 10.3. The Bertz CT molecular complexity index is 520. The second kappa shape index (κ2) is 5.44. The first-order valence-electron chi connectivity index (χ1n) is 5.84. The van der Waals surface area contributed by atoms with Gasteiger partial charge >= 0.3 is 6.01 Å². The fourth-order valence-electron chi connectivity index (χ4n) is 1.51. The highest BCUT2D eigenvalue weighted by molar-refractivity contribution is 5.88. The van der Waals surface area contributed by atoms with Crippen LogP contribution >= 0.6 is 0 Å². The molecule has 1 N–H and O–H groups in total. The lowest BCUT2D eigenvalue weighted by atomic mass is 10.1. The van der Waals surface area contributed by atoms with Gasteiger partial charge < -0.3 is 4.42 Å². The van der Waals surface area contributed by atoms with Gasteiger partial charge in [-0.25, -0.2) is 0 Å². The summed E-state index contributed by atoms with van der Waals surface area (Å²) in [5.41, 5.74) is 0.828. The molecule has 0 bridgehead atoms. The van der Waals surface area contributed by atoms with E-state index in [1.54, 1.807) is 0 Å². The van der Waals surface area contributed by atoms with Gasteiger partial charge in [0.2, 0.25) is 11.8 Å². The zero-order valence-corrected chi connectivity index (χ0v) is 10.4. The molecule has 2 rings (SSSR count). The Morgan fingerprint density at radius 2 is 2.00 bits per heavy atom. The summed E-state index contributed by atoms with van der Waals surface area (Å²) >= 11 is 0. The van der Waals surface area contributed by atoms with Gasteiger partial charge in [-0.15, -0.1) is 5.10 Å². The van der Waals surface area contributed by atoms with Crippen LogP contribution in [0.3, 0.4) is 0 Å². The van der Waals surface area contributed by atoms with Crippen molar-refractivity contribution < 1.29 is 9.21 Å². The molecular formula is C13H15N3O2. The van der Waals surface area contributed by atoms with E-state index in [2.05, 4.69) is 15.5 Å². The van der Waals surface area contributed by atoms with Gasteiger partial charge in [0.05, 0.1) is 0 Å². The molecule has 5 nitrogen and oxygen atoms in total. The molecule has 1 aromatic carbocycles. The van der Waals surface area contributed by atoms with E-state index in [0.29, 0.717) is 18.2 Å². The fourth-order valence-corrected chi connectivity index (χ4v) is 1.51. The number of rotatable bonds is 4. The monoisotopic (exact) mass is 245 g/mol. The van der Waals surface area contributed by atoms with E-state index in [-0.39, 0.29) is 11.9 Å². The summed E-state index contributed by atoms with van der Waals surface area (Å²) < 4.78 is 5.37. The van der Waals surface area contributed by atoms with Gasteiger partial charge in [-0.3, -0.25) is 10.1 Å². The van der Waals surface area contributed by atoms with Gasteiger partial charge in [-0.05, 0) is 18.1 Å². The predicted molar refractivity (Wildman–Crippen MR) is 67.8 cm³/mol. The molecule has 18 heavy (non-hydrogen) atoms. The van der Waals surface area contributed by atoms with E-state index in [4.69, 9.17) is 4.42 Å². The maximum Gasteiger partial charge on any atom is 0.322 e. The van der Waals surface area contributed by atoms with Crippen LogP contribution in [0.25, 0.3) is 11.5 Å². The van der Waals surface area contributed by atoms with Crippen LogP contribution in [0.4, 0.5) is 6.01 Å². The molecule has 94 valence electrons. The van der Waals surface area contributed by atoms with Crippen LogP contribution < -0.4 is 5.32 Å². The lowest BCUT2D eigenvalue weighted by Gasteiger charge is -2.02. The number of hydrogen-bond donors (Lipinski definition) is 1. The molecule has 0 saturated heterocycles. The normalized spacial score (nSPS) is 10.6. The van der Waals surface area contributed by atoms with Crippen LogP contribution in [-0.2, 0) is 4.79 Å². The number of carbonyl (C=O) groups excluding carboxylic acids is 1. The van der Waals surface area contributed by atoms with E-state index >= 15 is 0 Å². The number of nitrogens with zero attached hydrogens (tertiary/aromatic N) is 2. The van der Waals surface area contributed by atoms with Gasteiger partial charge in [0.25, 0.3) is 0 Å². The maximum absolute atomic E-state index is 11.5. The minimum Gasteiger partial charge on any atom is -0.403 e. The van der Waals surface area contributed by atoms with E-state index in [9.17, 15) is 4.79 Å². The van der Waals surface area contributed by atoms with Crippen LogP contribution in [0.15, 0.2) is 34.7 Å². The first-order valence-corrected chi connectivity index (χ1v) is 5.84. The van der Waals surface area contributed by atoms with Crippen molar-refractivity contribution >= 4 is 11.9 Å². The number of nitrogens with one attached hydrogen (secondary N) is 1. The molecule has 0 aliphatic heterocycles. The molecule has 0 spiro atoms. The number of carbonyl (C=O) groups is 1. The number of aromatic nitrogens is 2. The maximum atomic E-state index is 11.5. The van der Waals surface area contributed by atoms with Gasteiger partial charge in [-0.2, -0.15) is 0 Å². The standard InChI is InChI=1S/C13H15N3O2/c1-9(2)8-11(17)14-13-16-15-12(18-13)10-6-4-3-5-7-10/h3-7,9H,8H2,1-2H3,(H,14,16,17). The lowest BCUT2D eigenvalue weighted by molar-refractivity contribution is -0.117. The molecule has 0 atom stereocenters. The Labute approximate surface area is 105 Å². The second-order valence-electron chi connectivity index (χ2n) is 4.42. The number of benzene rings is 1. The topological polar surface area (TPSA) is 68.0 Å². The summed E-state index contributed by atoms with van der Waals surface area (Å²) in [6.07, 6.45) is 0.434. The highest BCUT2D eigenvalue weighted by Crippen LogP contribution is 2.19. The van der Waals surface area contributed by atoms with Crippen LogP contribution in [0.5, 0.6) is 0 Å². The quantitative estimate of drug-likeness (QED) is 0.899. The Hall–Kier alpha value is -2.17. The number of hydrogen-bond acceptors (Lipinski definition) is 4. The summed E-state index contributed by atoms with van der Waals surface area (Å²) in [7, 11) is 0. The third kappa shape index (κ3) is 3.16. The largest absolute Gasteiger partial charge is 0.403 e. The van der Waals surface area contributed by atoms with Crippen molar-refractivity contribution in [1.82, 2.24) is 10.2 Å². The second-order valence-corrected chi connectivity index (χ2v) is 4.42. The molecule has 1 amide bonds. The zero-order chi connectivity index (χ0) is 13.0. The average molecular weight is 245 g/mol. The number of amides is 1. The SMILES string of the molecule is CC(C)CC(=O)Nc1nnc(-c2ccccc2)o1. The Balaban J connectivity index is 2.05. The average Bonchev–Trinajstić information content (AvgIpc) is 2.77. The van der Waals surface area contributed by atoms with Gasteiger partial charge in [-0.1, -0.05) is 37.1 Å². The molecule has 5 heteroatoms. The molecule has 0 radical (unpaired) electrons. The molecular weight excluding hydrogens is 230 g/mol. The molecule has 0 unspecified atom stereocenters. The summed E-state index contributed by atoms with van der Waals surface area (Å²) in [6, 6.07) is 9.55. The first-order chi connectivity index (χ1) is 8.65. The fraction of sp³-hybridized carbons (Fsp3) is 0.308. The summed E-state index contributed by atoms with van der Waals surface area (Å²) in [5.74, 6) is 0.574. The van der Waals surface area contributed by atoms with Crippen LogP contribution in [-0.4, -0.2) is 16.1 Å². The highest BCUT2D eigenvalue weighted by atomic mass is 16.4. The minimum absolute atomic E-state index is 0.117. The van der Waals surface area contributed by atoms with E-state index in [0.717, 1.165) is 5.56 Å². The van der Waals surface area contributed by atoms with Crippen molar-refractivity contribution in [2.45, 2.75) is 20.3 Å². The zero-order valence-electron chi connectivity index (χ0n) is 10.4. The molecule has 1 heterocycles. The van der Waals surface area contributed by atoms with Crippen molar-refractivity contribution in [1.29, 1.82) is 0 Å². The van der Waals surface area contributed by atoms with E-state index in [1.807, 2.05) is 44.2 Å². The molecule has 0 saturated carbocycles. The third-order valence-electron chi connectivity index (χ3n) is 2.29. The summed E-state index contributed by atoms with van der Waals surface area (Å²) in [6.45, 7) is 3.95. The molecule has 0 aliphatic rings. The van der Waals surface area contributed by atoms with Crippen LogP contribution in [0, 0.1) is 5.92 Å². The number of anilines is 1. The van der Waals surface area contributed by atoms with Gasteiger partial charge in [0.1, 0.15) is 0 Å². The predicted octanol–water partition coefficient (Wildman–Crippen LogP) is 2.72. The molecule has 1 aromatic heterocycles. The Kier molecular flexibility index (Phi) is 3.72. The minimum atomic E-state index is -0.117. The molecule has 2 aromatic rings. The van der Waals surface area contributed by atoms with Crippen LogP contribution in [0.1, 0.15) is 20.3 Å². The van der Waals surface area contributed by atoms with Gasteiger partial charge in [0.15, 0.2) is 0 Å². The van der Waals surface area contributed by atoms with Crippen LogP contribution in [0.2, 0.25) is 0 Å². The van der Waals surface area contributed by atoms with Crippen molar-refractivity contribution in [3.8, 4) is 11.5 Å². The smallest absolute Gasteiger partial charge is 0.322 e. The van der Waals surface area contributed by atoms with Crippen molar-refractivity contribution in [3.05, 3.63) is 30.3 Å². The first kappa shape index (κ1) is 12.3. The lowest BCUT2D eigenvalue weighted by Crippen LogP contribution is -2.13. The Morgan fingerprint density at radius 3 is 2.67 bits per heavy atom. The van der Waals surface area contributed by atoms with Gasteiger partial charge in [0, 0.05) is 12.0 Å². The van der Waals surface area contributed by atoms with Crippen molar-refractivity contribution in [3.63, 3.8) is 0 Å².